The molecule has 0 bridgehead atoms. The van der Waals surface area contributed by atoms with Gasteiger partial charge < -0.3 is 9.47 Å². The molecule has 0 radical (unpaired) electrons. The maximum Gasteiger partial charge on any atom is 0.220 e. The van der Waals surface area contributed by atoms with E-state index in [1.165, 1.54) is 24.9 Å². The summed E-state index contributed by atoms with van der Waals surface area (Å²) in [6.07, 6.45) is 0. The molecule has 8 nitrogen and oxygen atoms in total. The summed E-state index contributed by atoms with van der Waals surface area (Å²) in [6.45, 7) is 3.47. The number of nitrogens with zero attached hydrogens (tertiary/aromatic N) is 4. The molecule has 0 aliphatic carbocycles. The lowest BCUT2D eigenvalue weighted by atomic mass is 10.1. The van der Waals surface area contributed by atoms with Crippen molar-refractivity contribution in [1.82, 2.24) is 14.8 Å². The van der Waals surface area contributed by atoms with E-state index in [-0.39, 0.29) is 23.9 Å². The average Bonchev–Trinajstić information content (AvgIpc) is 3.22. The van der Waals surface area contributed by atoms with Crippen LogP contribution in [0.1, 0.15) is 27.8 Å². The van der Waals surface area contributed by atoms with Gasteiger partial charge >= 0.3 is 0 Å². The van der Waals surface area contributed by atoms with E-state index in [0.717, 1.165) is 11.3 Å². The van der Waals surface area contributed by atoms with E-state index < -0.39 is 5.25 Å². The molecule has 4 aromatic rings. The minimum absolute atomic E-state index is 0.00701. The number of aromatic nitrogens is 3. The van der Waals surface area contributed by atoms with Crippen molar-refractivity contribution in [2.45, 2.75) is 30.9 Å². The van der Waals surface area contributed by atoms with Crippen LogP contribution in [-0.4, -0.2) is 33.3 Å². The van der Waals surface area contributed by atoms with Gasteiger partial charge in [-0.15, -0.1) is 10.2 Å². The molecule has 0 saturated carbocycles. The van der Waals surface area contributed by atoms with Crippen molar-refractivity contribution < 1.29 is 18.8 Å². The average molecular weight is 587 g/mol. The maximum absolute atomic E-state index is 14.1. The van der Waals surface area contributed by atoms with Crippen molar-refractivity contribution in [2.75, 3.05) is 13.7 Å². The van der Waals surface area contributed by atoms with Gasteiger partial charge in [-0.25, -0.2) is 4.39 Å². The Hall–Kier alpha value is -3.44. The van der Waals surface area contributed by atoms with Crippen LogP contribution in [0.4, 0.5) is 4.39 Å². The van der Waals surface area contributed by atoms with E-state index in [1.54, 1.807) is 30.3 Å². The molecule has 0 saturated heterocycles. The van der Waals surface area contributed by atoms with E-state index in [9.17, 15) is 14.5 Å². The fraction of sp³-hybridized carbons (Fsp3) is 0.231. The largest absolute Gasteiger partial charge is 0.493 e. The third-order valence-electron chi connectivity index (χ3n) is 5.57. The summed E-state index contributed by atoms with van der Waals surface area (Å²) in [7, 11) is 1.48. The second kappa shape index (κ2) is 11.7. The Morgan fingerprint density at radius 3 is 2.62 bits per heavy atom. The van der Waals surface area contributed by atoms with Crippen molar-refractivity contribution in [1.29, 1.82) is 0 Å². The lowest BCUT2D eigenvalue weighted by Gasteiger charge is -2.18. The van der Waals surface area contributed by atoms with E-state index in [0.29, 0.717) is 38.1 Å². The van der Waals surface area contributed by atoms with Gasteiger partial charge in [-0.3, -0.25) is 14.7 Å². The molecule has 0 aliphatic heterocycles. The Kier molecular flexibility index (Phi) is 8.45. The number of thioether (sulfide) groups is 1. The standard InChI is InChI=1S/C26H24BrFN4O4S/c1-16-7-6-9-20(11-16)32-17(2)29-30-26(32)37-24(14-31(33)34)19-12-21(27)25(23(13-19)35-3)36-15-18-8-4-5-10-22(18)28/h4-13,24H,14-15H2,1-3H3/t24-/m0/s1. The van der Waals surface area contributed by atoms with E-state index in [4.69, 9.17) is 9.47 Å². The SMILES string of the molecule is COc1cc([C@H](C[N+](=O)[O-])Sc2nnc(C)n2-c2cccc(C)c2)cc(Br)c1OCc1ccccc1F. The van der Waals surface area contributed by atoms with Gasteiger partial charge in [0.1, 0.15) is 23.5 Å². The van der Waals surface area contributed by atoms with Gasteiger partial charge in [0, 0.05) is 16.2 Å². The maximum atomic E-state index is 14.1. The minimum Gasteiger partial charge on any atom is -0.493 e. The lowest BCUT2D eigenvalue weighted by molar-refractivity contribution is -0.479. The van der Waals surface area contributed by atoms with Crippen LogP contribution >= 0.6 is 27.7 Å². The summed E-state index contributed by atoms with van der Waals surface area (Å²) in [5.74, 6) is 1.04. The number of halogens is 2. The van der Waals surface area contributed by atoms with E-state index in [2.05, 4.69) is 26.1 Å². The van der Waals surface area contributed by atoms with Crippen LogP contribution < -0.4 is 9.47 Å². The van der Waals surface area contributed by atoms with Crippen molar-refractivity contribution >= 4 is 27.7 Å². The Morgan fingerprint density at radius 1 is 1.14 bits per heavy atom. The highest BCUT2D eigenvalue weighted by Crippen LogP contribution is 2.43. The number of rotatable bonds is 10. The molecule has 0 spiro atoms. The van der Waals surface area contributed by atoms with Crippen molar-refractivity contribution in [3.8, 4) is 17.2 Å². The molecule has 0 aliphatic rings. The third-order valence-corrected chi connectivity index (χ3v) is 7.34. The van der Waals surface area contributed by atoms with Gasteiger partial charge in [-0.1, -0.05) is 42.1 Å². The monoisotopic (exact) mass is 586 g/mol. The van der Waals surface area contributed by atoms with Gasteiger partial charge in [-0.2, -0.15) is 0 Å². The van der Waals surface area contributed by atoms with Gasteiger partial charge in [0.05, 0.1) is 11.6 Å². The smallest absolute Gasteiger partial charge is 0.220 e. The molecule has 0 N–H and O–H groups in total. The molecule has 0 amide bonds. The predicted molar refractivity (Wildman–Crippen MR) is 143 cm³/mol. The Labute approximate surface area is 226 Å². The molecule has 37 heavy (non-hydrogen) atoms. The first kappa shape index (κ1) is 26.6. The first-order valence-electron chi connectivity index (χ1n) is 11.3. The number of hydrogen-bond acceptors (Lipinski definition) is 7. The van der Waals surface area contributed by atoms with Crippen molar-refractivity contribution in [3.63, 3.8) is 0 Å². The van der Waals surface area contributed by atoms with Crippen LogP contribution in [0.3, 0.4) is 0 Å². The molecule has 0 fully saturated rings. The molecular weight excluding hydrogens is 563 g/mol. The summed E-state index contributed by atoms with van der Waals surface area (Å²) in [4.78, 5) is 11.3. The molecule has 4 rings (SSSR count). The Balaban J connectivity index is 1.66. The van der Waals surface area contributed by atoms with Gasteiger partial charge in [0.2, 0.25) is 6.54 Å². The first-order chi connectivity index (χ1) is 17.8. The quantitative estimate of drug-likeness (QED) is 0.119. The van der Waals surface area contributed by atoms with E-state index >= 15 is 0 Å². The fourth-order valence-electron chi connectivity index (χ4n) is 3.79. The number of benzene rings is 3. The Morgan fingerprint density at radius 2 is 1.92 bits per heavy atom. The summed E-state index contributed by atoms with van der Waals surface area (Å²) < 4.78 is 27.9. The molecule has 1 atom stereocenters. The molecule has 1 heterocycles. The minimum atomic E-state index is -0.604. The van der Waals surface area contributed by atoms with Crippen LogP contribution in [0.15, 0.2) is 70.3 Å². The van der Waals surface area contributed by atoms with Gasteiger partial charge in [0.25, 0.3) is 0 Å². The second-order valence-corrected chi connectivity index (χ2v) is 10.3. The first-order valence-corrected chi connectivity index (χ1v) is 12.9. The molecule has 0 unspecified atom stereocenters. The van der Waals surface area contributed by atoms with Crippen LogP contribution in [0.25, 0.3) is 5.69 Å². The summed E-state index contributed by atoms with van der Waals surface area (Å²) in [6, 6.07) is 17.7. The molecule has 192 valence electrons. The second-order valence-electron chi connectivity index (χ2n) is 8.24. The number of nitro groups is 1. The van der Waals surface area contributed by atoms with E-state index in [1.807, 2.05) is 42.7 Å². The number of hydrogen-bond donors (Lipinski definition) is 0. The van der Waals surface area contributed by atoms with Crippen molar-refractivity contribution in [3.05, 3.63) is 104 Å². The zero-order valence-electron chi connectivity index (χ0n) is 20.4. The highest BCUT2D eigenvalue weighted by molar-refractivity contribution is 9.10. The summed E-state index contributed by atoms with van der Waals surface area (Å²) in [5, 5.41) is 20.1. The highest BCUT2D eigenvalue weighted by atomic mass is 79.9. The number of methoxy groups -OCH3 is 1. The summed E-state index contributed by atoms with van der Waals surface area (Å²) in [5.41, 5.74) is 2.98. The molecule has 11 heteroatoms. The normalized spacial score (nSPS) is 11.8. The molecule has 3 aromatic carbocycles. The van der Waals surface area contributed by atoms with Crippen molar-refractivity contribution in [2.24, 2.45) is 0 Å². The number of ether oxygens (including phenoxy) is 2. The van der Waals surface area contributed by atoms with Gasteiger partial charge in [-0.05, 0) is 71.2 Å². The topological polar surface area (TPSA) is 92.3 Å². The van der Waals surface area contributed by atoms with Crippen LogP contribution in [0.5, 0.6) is 11.5 Å². The molecule has 1 aromatic heterocycles. The predicted octanol–water partition coefficient (Wildman–Crippen LogP) is 6.48. The third kappa shape index (κ3) is 6.28. The van der Waals surface area contributed by atoms with Crippen LogP contribution in [0.2, 0.25) is 0 Å². The fourth-order valence-corrected chi connectivity index (χ4v) is 5.52. The van der Waals surface area contributed by atoms with Crippen LogP contribution in [0, 0.1) is 29.8 Å². The zero-order chi connectivity index (χ0) is 26.5. The lowest BCUT2D eigenvalue weighted by Crippen LogP contribution is -2.12. The Bertz CT molecular complexity index is 1430. The van der Waals surface area contributed by atoms with Crippen LogP contribution in [-0.2, 0) is 6.61 Å². The highest BCUT2D eigenvalue weighted by Gasteiger charge is 2.26. The van der Waals surface area contributed by atoms with Gasteiger partial charge in [0.15, 0.2) is 16.7 Å². The number of aryl methyl sites for hydroxylation is 2. The zero-order valence-corrected chi connectivity index (χ0v) is 22.8. The molecular formula is C26H24BrFN4O4S. The summed E-state index contributed by atoms with van der Waals surface area (Å²) >= 11 is 4.75.